The van der Waals surface area contributed by atoms with Gasteiger partial charge < -0.3 is 14.5 Å². The highest BCUT2D eigenvalue weighted by Crippen LogP contribution is 2.26. The van der Waals surface area contributed by atoms with E-state index in [0.29, 0.717) is 6.54 Å². The van der Waals surface area contributed by atoms with Crippen LogP contribution in [-0.2, 0) is 6.54 Å². The predicted molar refractivity (Wildman–Crippen MR) is 118 cm³/mol. The third kappa shape index (κ3) is 5.00. The molecule has 0 radical (unpaired) electrons. The van der Waals surface area contributed by atoms with Gasteiger partial charge >= 0.3 is 0 Å². The second kappa shape index (κ2) is 9.57. The summed E-state index contributed by atoms with van der Waals surface area (Å²) < 4.78 is 6.96. The van der Waals surface area contributed by atoms with Crippen LogP contribution in [-0.4, -0.2) is 58.8 Å². The summed E-state index contributed by atoms with van der Waals surface area (Å²) in [6.07, 6.45) is 0. The number of carbonyl (C=O) groups is 1. The van der Waals surface area contributed by atoms with Crippen molar-refractivity contribution in [2.24, 2.45) is 0 Å². The Labute approximate surface area is 181 Å². The maximum Gasteiger partial charge on any atom is 0.274 e. The molecule has 7 nitrogen and oxygen atoms in total. The van der Waals surface area contributed by atoms with Gasteiger partial charge in [0.05, 0.1) is 12.6 Å². The van der Waals surface area contributed by atoms with Crippen LogP contribution in [0.25, 0.3) is 0 Å². The molecule has 1 atom stereocenters. The minimum Gasteiger partial charge on any atom is -0.492 e. The van der Waals surface area contributed by atoms with E-state index in [-0.39, 0.29) is 36.4 Å². The Morgan fingerprint density at radius 2 is 1.71 bits per heavy atom. The number of piperazine rings is 1. The molecule has 160 valence electrons. The quantitative estimate of drug-likeness (QED) is 0.615. The highest BCUT2D eigenvalue weighted by molar-refractivity contribution is 5.92. The van der Waals surface area contributed by atoms with Crippen LogP contribution in [0, 0.1) is 0 Å². The molecule has 0 N–H and O–H groups in total. The highest BCUT2D eigenvalue weighted by atomic mass is 16.5. The molecule has 0 unspecified atom stereocenters. The van der Waals surface area contributed by atoms with Crippen molar-refractivity contribution in [3.8, 4) is 5.75 Å². The fraction of sp³-hybridized carbons (Fsp3) is 0.292. The number of ether oxygens (including phenoxy) is 1. The number of carbonyl (C=O) groups excluding carboxylic acids is 1. The number of para-hydroxylation sites is 1. The Balaban J connectivity index is 1.50. The van der Waals surface area contributed by atoms with Gasteiger partial charge in [-0.1, -0.05) is 48.5 Å². The Hall–Kier alpha value is -3.45. The minimum absolute atomic E-state index is 0.0592. The first-order valence-electron chi connectivity index (χ1n) is 10.4. The number of amides is 1. The van der Waals surface area contributed by atoms with Crippen molar-refractivity contribution in [1.29, 1.82) is 0 Å². The first kappa shape index (κ1) is 20.8. The lowest BCUT2D eigenvalue weighted by Crippen LogP contribution is -2.49. The van der Waals surface area contributed by atoms with E-state index in [0.717, 1.165) is 24.4 Å². The standard InChI is InChI=1S/C24H26N4O3/c1-26-14-15-27(22(18-26)19-8-4-2-5-9-19)24(30)21-12-13-23(29)28(25-21)16-17-31-20-10-6-3-7-11-20/h2-13,22H,14-18H2,1H3/t22-/m1/s1. The number of rotatable bonds is 6. The lowest BCUT2D eigenvalue weighted by Gasteiger charge is -2.40. The van der Waals surface area contributed by atoms with Crippen LogP contribution in [0.5, 0.6) is 5.75 Å². The zero-order chi connectivity index (χ0) is 21.6. The molecule has 1 aromatic heterocycles. The van der Waals surface area contributed by atoms with Crippen LogP contribution in [0.2, 0.25) is 0 Å². The summed E-state index contributed by atoms with van der Waals surface area (Å²) in [5, 5.41) is 4.35. The van der Waals surface area contributed by atoms with Gasteiger partial charge in [0.15, 0.2) is 0 Å². The van der Waals surface area contributed by atoms with Gasteiger partial charge in [-0.25, -0.2) is 4.68 Å². The molecular formula is C24H26N4O3. The molecule has 1 fully saturated rings. The van der Waals surface area contributed by atoms with Gasteiger partial charge in [-0.2, -0.15) is 5.10 Å². The SMILES string of the molecule is CN1CCN(C(=O)c2ccc(=O)n(CCOc3ccccc3)n2)[C@@H](c2ccccc2)C1. The number of hydrogen-bond donors (Lipinski definition) is 0. The van der Waals surface area contributed by atoms with Gasteiger partial charge in [0.2, 0.25) is 0 Å². The van der Waals surface area contributed by atoms with E-state index in [4.69, 9.17) is 4.74 Å². The largest absolute Gasteiger partial charge is 0.492 e. The Bertz CT molecular complexity index is 1070. The van der Waals surface area contributed by atoms with Gasteiger partial charge in [0.25, 0.3) is 11.5 Å². The zero-order valence-electron chi connectivity index (χ0n) is 17.6. The Morgan fingerprint density at radius 1 is 1.00 bits per heavy atom. The molecule has 0 saturated carbocycles. The second-order valence-corrected chi connectivity index (χ2v) is 7.63. The summed E-state index contributed by atoms with van der Waals surface area (Å²) in [6.45, 7) is 2.70. The number of benzene rings is 2. The second-order valence-electron chi connectivity index (χ2n) is 7.63. The molecule has 7 heteroatoms. The predicted octanol–water partition coefficient (Wildman–Crippen LogP) is 2.45. The fourth-order valence-electron chi connectivity index (χ4n) is 3.76. The average molecular weight is 418 g/mol. The number of likely N-dealkylation sites (N-methyl/N-ethyl adjacent to an activating group) is 1. The summed E-state index contributed by atoms with van der Waals surface area (Å²) >= 11 is 0. The van der Waals surface area contributed by atoms with Crippen molar-refractivity contribution in [3.05, 3.63) is 94.4 Å². The molecule has 4 rings (SSSR count). The molecular weight excluding hydrogens is 392 g/mol. The summed E-state index contributed by atoms with van der Waals surface area (Å²) in [4.78, 5) is 29.7. The van der Waals surface area contributed by atoms with Crippen molar-refractivity contribution >= 4 is 5.91 Å². The van der Waals surface area contributed by atoms with Crippen molar-refractivity contribution < 1.29 is 9.53 Å². The van der Waals surface area contributed by atoms with Crippen LogP contribution in [0.3, 0.4) is 0 Å². The first-order chi connectivity index (χ1) is 15.1. The summed E-state index contributed by atoms with van der Waals surface area (Å²) in [7, 11) is 2.06. The van der Waals surface area contributed by atoms with E-state index in [2.05, 4.69) is 17.0 Å². The van der Waals surface area contributed by atoms with E-state index < -0.39 is 0 Å². The summed E-state index contributed by atoms with van der Waals surface area (Å²) in [5.41, 5.74) is 1.10. The molecule has 1 saturated heterocycles. The van der Waals surface area contributed by atoms with Gasteiger partial charge in [0, 0.05) is 25.7 Å². The van der Waals surface area contributed by atoms with Crippen LogP contribution in [0.4, 0.5) is 0 Å². The zero-order valence-corrected chi connectivity index (χ0v) is 17.6. The summed E-state index contributed by atoms with van der Waals surface area (Å²) in [6, 6.07) is 22.3. The fourth-order valence-corrected chi connectivity index (χ4v) is 3.76. The van der Waals surface area contributed by atoms with Crippen LogP contribution < -0.4 is 10.3 Å². The van der Waals surface area contributed by atoms with Crippen molar-refractivity contribution in [2.75, 3.05) is 33.3 Å². The van der Waals surface area contributed by atoms with E-state index in [1.807, 2.05) is 65.6 Å². The minimum atomic E-state index is -0.258. The van der Waals surface area contributed by atoms with Crippen molar-refractivity contribution in [3.63, 3.8) is 0 Å². The highest BCUT2D eigenvalue weighted by Gasteiger charge is 2.31. The molecule has 1 aliphatic heterocycles. The van der Waals surface area contributed by atoms with E-state index in [1.54, 1.807) is 0 Å². The van der Waals surface area contributed by atoms with E-state index >= 15 is 0 Å². The average Bonchev–Trinajstić information content (AvgIpc) is 2.81. The molecule has 2 aromatic carbocycles. The van der Waals surface area contributed by atoms with Crippen LogP contribution in [0.1, 0.15) is 22.1 Å². The molecule has 1 aliphatic rings. The number of nitrogens with zero attached hydrogens (tertiary/aromatic N) is 4. The molecule has 0 bridgehead atoms. The molecule has 31 heavy (non-hydrogen) atoms. The summed E-state index contributed by atoms with van der Waals surface area (Å²) in [5.74, 6) is 0.561. The van der Waals surface area contributed by atoms with E-state index in [1.165, 1.54) is 16.8 Å². The molecule has 2 heterocycles. The molecule has 1 amide bonds. The first-order valence-corrected chi connectivity index (χ1v) is 10.4. The van der Waals surface area contributed by atoms with Gasteiger partial charge in [0.1, 0.15) is 18.1 Å². The lowest BCUT2D eigenvalue weighted by molar-refractivity contribution is 0.0489. The van der Waals surface area contributed by atoms with Crippen LogP contribution >= 0.6 is 0 Å². The number of aromatic nitrogens is 2. The normalized spacial score (nSPS) is 16.8. The maximum atomic E-state index is 13.3. The topological polar surface area (TPSA) is 67.7 Å². The Morgan fingerprint density at radius 3 is 2.45 bits per heavy atom. The van der Waals surface area contributed by atoms with Crippen LogP contribution in [0.15, 0.2) is 77.6 Å². The van der Waals surface area contributed by atoms with E-state index in [9.17, 15) is 9.59 Å². The van der Waals surface area contributed by atoms with Crippen molar-refractivity contribution in [1.82, 2.24) is 19.6 Å². The van der Waals surface area contributed by atoms with Gasteiger partial charge in [-0.15, -0.1) is 0 Å². The van der Waals surface area contributed by atoms with Crippen molar-refractivity contribution in [2.45, 2.75) is 12.6 Å². The smallest absolute Gasteiger partial charge is 0.274 e. The molecule has 0 spiro atoms. The monoisotopic (exact) mass is 418 g/mol. The lowest BCUT2D eigenvalue weighted by atomic mass is 10.0. The molecule has 3 aromatic rings. The Kier molecular flexibility index (Phi) is 6.43. The maximum absolute atomic E-state index is 13.3. The van der Waals surface area contributed by atoms with Gasteiger partial charge in [-0.05, 0) is 30.8 Å². The third-order valence-electron chi connectivity index (χ3n) is 5.43. The number of hydrogen-bond acceptors (Lipinski definition) is 5. The third-order valence-corrected chi connectivity index (χ3v) is 5.43. The molecule has 0 aliphatic carbocycles. The van der Waals surface area contributed by atoms with Gasteiger partial charge in [-0.3, -0.25) is 9.59 Å².